The number of nitrogens with one attached hydrogen (secondary N) is 1. The zero-order valence-corrected chi connectivity index (χ0v) is 10.5. The van der Waals surface area contributed by atoms with Crippen molar-refractivity contribution in [3.8, 4) is 0 Å². The van der Waals surface area contributed by atoms with Crippen LogP contribution in [0.4, 0.5) is 0 Å². The van der Waals surface area contributed by atoms with Gasteiger partial charge in [0.25, 0.3) is 0 Å². The molecule has 0 aliphatic rings. The predicted octanol–water partition coefficient (Wildman–Crippen LogP) is 3.01. The van der Waals surface area contributed by atoms with E-state index in [4.69, 9.17) is 0 Å². The molecule has 1 nitrogen and oxygen atoms in total. The SMILES string of the molecule is C=C/C=c1/c(/C=C\C)c(/C=C\C)[nH]/c1=C/C=C. The molecule has 0 atom stereocenters. The minimum Gasteiger partial charge on any atom is -0.355 e. The molecule has 0 aliphatic carbocycles. The van der Waals surface area contributed by atoms with E-state index in [1.54, 1.807) is 12.2 Å². The van der Waals surface area contributed by atoms with Gasteiger partial charge in [-0.05, 0) is 26.0 Å². The zero-order chi connectivity index (χ0) is 12.7. The maximum absolute atomic E-state index is 3.76. The molecular weight excluding hydrogens is 206 g/mol. The van der Waals surface area contributed by atoms with Crippen LogP contribution in [0.25, 0.3) is 24.3 Å². The van der Waals surface area contributed by atoms with E-state index >= 15 is 0 Å². The third-order valence-corrected chi connectivity index (χ3v) is 2.38. The van der Waals surface area contributed by atoms with Crippen LogP contribution in [0.3, 0.4) is 0 Å². The lowest BCUT2D eigenvalue weighted by atomic mass is 10.1. The molecule has 1 heteroatoms. The lowest BCUT2D eigenvalue weighted by molar-refractivity contribution is 1.29. The molecule has 1 aromatic rings. The molecule has 1 aromatic heterocycles. The normalized spacial score (nSPS) is 14.0. The van der Waals surface area contributed by atoms with Gasteiger partial charge in [0.05, 0.1) is 0 Å². The highest BCUT2D eigenvalue weighted by Gasteiger charge is 2.01. The fourth-order valence-electron chi connectivity index (χ4n) is 1.76. The van der Waals surface area contributed by atoms with Gasteiger partial charge in [-0.3, -0.25) is 0 Å². The molecule has 0 amide bonds. The van der Waals surface area contributed by atoms with E-state index < -0.39 is 0 Å². The Kier molecular flexibility index (Phi) is 5.02. The van der Waals surface area contributed by atoms with Crippen molar-refractivity contribution in [2.75, 3.05) is 0 Å². The van der Waals surface area contributed by atoms with E-state index in [9.17, 15) is 0 Å². The van der Waals surface area contributed by atoms with Crippen LogP contribution in [0.1, 0.15) is 25.1 Å². The first-order valence-corrected chi connectivity index (χ1v) is 5.71. The van der Waals surface area contributed by atoms with Crippen molar-refractivity contribution < 1.29 is 0 Å². The van der Waals surface area contributed by atoms with Gasteiger partial charge in [0.1, 0.15) is 0 Å². The number of rotatable bonds is 4. The van der Waals surface area contributed by atoms with Crippen molar-refractivity contribution in [1.29, 1.82) is 0 Å². The van der Waals surface area contributed by atoms with Crippen molar-refractivity contribution in [2.45, 2.75) is 13.8 Å². The lowest BCUT2D eigenvalue weighted by Crippen LogP contribution is -2.23. The van der Waals surface area contributed by atoms with Gasteiger partial charge in [-0.25, -0.2) is 0 Å². The van der Waals surface area contributed by atoms with E-state index in [0.29, 0.717) is 0 Å². The van der Waals surface area contributed by atoms with Crippen molar-refractivity contribution in [3.63, 3.8) is 0 Å². The van der Waals surface area contributed by atoms with Crippen LogP contribution < -0.4 is 10.6 Å². The van der Waals surface area contributed by atoms with E-state index in [1.165, 1.54) is 5.56 Å². The molecule has 0 saturated carbocycles. The maximum atomic E-state index is 3.76. The van der Waals surface area contributed by atoms with E-state index in [1.807, 2.05) is 38.2 Å². The minimum absolute atomic E-state index is 1.06. The van der Waals surface area contributed by atoms with Gasteiger partial charge in [-0.1, -0.05) is 49.6 Å². The van der Waals surface area contributed by atoms with Gasteiger partial charge in [0.15, 0.2) is 0 Å². The summed E-state index contributed by atoms with van der Waals surface area (Å²) in [4.78, 5) is 3.38. The van der Waals surface area contributed by atoms with Gasteiger partial charge < -0.3 is 4.98 Å². The summed E-state index contributed by atoms with van der Waals surface area (Å²) < 4.78 is 0. The first kappa shape index (κ1) is 13.0. The molecule has 1 heterocycles. The Labute approximate surface area is 103 Å². The molecule has 0 unspecified atom stereocenters. The van der Waals surface area contributed by atoms with Crippen LogP contribution in [-0.4, -0.2) is 4.98 Å². The molecule has 0 radical (unpaired) electrons. The maximum Gasteiger partial charge on any atom is 0.0464 e. The van der Waals surface area contributed by atoms with Crippen LogP contribution in [0, 0.1) is 0 Å². The Balaban J connectivity index is 3.73. The number of aromatic amines is 1. The molecule has 0 spiro atoms. The van der Waals surface area contributed by atoms with Crippen molar-refractivity contribution in [2.24, 2.45) is 0 Å². The highest BCUT2D eigenvalue weighted by Crippen LogP contribution is 2.04. The van der Waals surface area contributed by atoms with Gasteiger partial charge in [-0.2, -0.15) is 0 Å². The minimum atomic E-state index is 1.06. The fraction of sp³-hybridized carbons (Fsp3) is 0.125. The summed E-state index contributed by atoms with van der Waals surface area (Å²) in [5.41, 5.74) is 2.28. The second-order valence-electron chi connectivity index (χ2n) is 3.58. The van der Waals surface area contributed by atoms with Crippen molar-refractivity contribution >= 4 is 24.3 Å². The van der Waals surface area contributed by atoms with Crippen LogP contribution in [0.15, 0.2) is 37.5 Å². The quantitative estimate of drug-likeness (QED) is 0.810. The standard InChI is InChI=1S/C16H19N/c1-5-9-13-14(10-6-2)16(12-8-4)17-15(13)11-7-3/h5-12,17H,1,3H2,2,4H3/b10-6-,12-8-,13-9-,15-11+. The van der Waals surface area contributed by atoms with E-state index in [0.717, 1.165) is 16.3 Å². The summed E-state index contributed by atoms with van der Waals surface area (Å²) in [7, 11) is 0. The Hall–Kier alpha value is -2.02. The van der Waals surface area contributed by atoms with Crippen LogP contribution in [0.5, 0.6) is 0 Å². The monoisotopic (exact) mass is 225 g/mol. The van der Waals surface area contributed by atoms with E-state index in [-0.39, 0.29) is 0 Å². The third kappa shape index (κ3) is 2.97. The summed E-state index contributed by atoms with van der Waals surface area (Å²) in [5.74, 6) is 0. The number of H-pyrrole nitrogens is 1. The molecule has 0 aliphatic heterocycles. The Morgan fingerprint density at radius 1 is 0.941 bits per heavy atom. The summed E-state index contributed by atoms with van der Waals surface area (Å²) >= 11 is 0. The summed E-state index contributed by atoms with van der Waals surface area (Å²) in [6.07, 6.45) is 15.8. The number of aromatic nitrogens is 1. The van der Waals surface area contributed by atoms with Crippen molar-refractivity contribution in [1.82, 2.24) is 4.98 Å². The molecule has 0 bridgehead atoms. The molecule has 88 valence electrons. The molecule has 0 aromatic carbocycles. The predicted molar refractivity (Wildman–Crippen MR) is 78.8 cm³/mol. The largest absolute Gasteiger partial charge is 0.355 e. The first-order chi connectivity index (χ1) is 8.28. The molecule has 1 N–H and O–H groups in total. The van der Waals surface area contributed by atoms with Crippen LogP contribution in [0.2, 0.25) is 0 Å². The lowest BCUT2D eigenvalue weighted by Gasteiger charge is -1.91. The second-order valence-corrected chi connectivity index (χ2v) is 3.58. The number of allylic oxidation sites excluding steroid dienone is 4. The van der Waals surface area contributed by atoms with E-state index in [2.05, 4.69) is 30.3 Å². The highest BCUT2D eigenvalue weighted by molar-refractivity contribution is 5.66. The summed E-state index contributed by atoms with van der Waals surface area (Å²) in [6, 6.07) is 0. The molecule has 17 heavy (non-hydrogen) atoms. The van der Waals surface area contributed by atoms with Gasteiger partial charge in [-0.15, -0.1) is 0 Å². The molecule has 0 fully saturated rings. The topological polar surface area (TPSA) is 15.8 Å². The Morgan fingerprint density at radius 2 is 1.59 bits per heavy atom. The van der Waals surface area contributed by atoms with Gasteiger partial charge in [0.2, 0.25) is 0 Å². The highest BCUT2D eigenvalue weighted by atomic mass is 14.7. The number of hydrogen-bond acceptors (Lipinski definition) is 0. The molecule has 0 saturated heterocycles. The van der Waals surface area contributed by atoms with Gasteiger partial charge in [0, 0.05) is 21.8 Å². The fourth-order valence-corrected chi connectivity index (χ4v) is 1.76. The molecule has 1 rings (SSSR count). The third-order valence-electron chi connectivity index (χ3n) is 2.38. The van der Waals surface area contributed by atoms with Crippen LogP contribution >= 0.6 is 0 Å². The summed E-state index contributed by atoms with van der Waals surface area (Å²) in [5, 5.41) is 2.20. The summed E-state index contributed by atoms with van der Waals surface area (Å²) in [6.45, 7) is 11.5. The molecular formula is C16H19N. The smallest absolute Gasteiger partial charge is 0.0464 e. The average molecular weight is 225 g/mol. The van der Waals surface area contributed by atoms with Crippen molar-refractivity contribution in [3.05, 3.63) is 59.3 Å². The second kappa shape index (κ2) is 6.54. The van der Waals surface area contributed by atoms with Crippen LogP contribution in [-0.2, 0) is 0 Å². The number of hydrogen-bond donors (Lipinski definition) is 1. The van der Waals surface area contributed by atoms with Gasteiger partial charge >= 0.3 is 0 Å². The zero-order valence-electron chi connectivity index (χ0n) is 10.5. The average Bonchev–Trinajstić information content (AvgIpc) is 2.61. The Bertz CT molecular complexity index is 565. The Morgan fingerprint density at radius 3 is 2.12 bits per heavy atom. The first-order valence-electron chi connectivity index (χ1n) is 5.71.